The number of nitrogens with zero attached hydrogens (tertiary/aromatic N) is 3. The van der Waals surface area contributed by atoms with Gasteiger partial charge in [-0.05, 0) is 49.7 Å². The summed E-state index contributed by atoms with van der Waals surface area (Å²) in [6.07, 6.45) is 0. The lowest BCUT2D eigenvalue weighted by Gasteiger charge is -2.13. The maximum absolute atomic E-state index is 13.4. The lowest BCUT2D eigenvalue weighted by Crippen LogP contribution is -2.24. The van der Waals surface area contributed by atoms with Crippen LogP contribution in [0.25, 0.3) is 33.1 Å². The maximum atomic E-state index is 13.4. The molecule has 0 saturated heterocycles. The number of H-pyrrole nitrogens is 1. The molecule has 0 amide bonds. The summed E-state index contributed by atoms with van der Waals surface area (Å²) >= 11 is 0. The lowest BCUT2D eigenvalue weighted by atomic mass is 10.0. The monoisotopic (exact) mass is 570 g/mol. The molecule has 0 bridgehead atoms. The van der Waals surface area contributed by atoms with E-state index in [4.69, 9.17) is 0 Å². The van der Waals surface area contributed by atoms with E-state index in [1.165, 1.54) is 5.56 Å². The Morgan fingerprint density at radius 2 is 1.55 bits per heavy atom. The van der Waals surface area contributed by atoms with Crippen molar-refractivity contribution in [3.63, 3.8) is 0 Å². The summed E-state index contributed by atoms with van der Waals surface area (Å²) in [4.78, 5) is 7.81. The van der Waals surface area contributed by atoms with E-state index >= 15 is 0 Å². The zero-order chi connectivity index (χ0) is 27.0. The molecule has 0 spiro atoms. The van der Waals surface area contributed by atoms with Crippen molar-refractivity contribution in [2.45, 2.75) is 25.3 Å². The van der Waals surface area contributed by atoms with Crippen LogP contribution >= 0.6 is 12.4 Å². The topological polar surface area (TPSA) is 113 Å². The molecule has 202 valence electrons. The maximum Gasteiger partial charge on any atom is 0.241 e. The number of hydrogen-bond acceptors (Lipinski definition) is 6. The van der Waals surface area contributed by atoms with Crippen molar-refractivity contribution >= 4 is 55.7 Å². The van der Waals surface area contributed by atoms with Gasteiger partial charge in [0.2, 0.25) is 10.0 Å². The number of para-hydroxylation sites is 2. The Labute approximate surface area is 238 Å². The van der Waals surface area contributed by atoms with Crippen LogP contribution in [0.4, 0.5) is 11.5 Å². The summed E-state index contributed by atoms with van der Waals surface area (Å²) in [7, 11) is -3.83. The van der Waals surface area contributed by atoms with Crippen LogP contribution in [0.1, 0.15) is 17.0 Å². The second-order valence-corrected chi connectivity index (χ2v) is 11.2. The largest absolute Gasteiger partial charge is 0.341 e. The molecular weight excluding hydrogens is 544 g/mol. The van der Waals surface area contributed by atoms with Gasteiger partial charge in [0.25, 0.3) is 0 Å². The summed E-state index contributed by atoms with van der Waals surface area (Å²) in [5, 5.41) is 14.1. The summed E-state index contributed by atoms with van der Waals surface area (Å²) in [6.45, 7) is 3.86. The zero-order valence-electron chi connectivity index (χ0n) is 21.8. The van der Waals surface area contributed by atoms with Crippen LogP contribution in [0.5, 0.6) is 0 Å². The predicted molar refractivity (Wildman–Crippen MR) is 162 cm³/mol. The van der Waals surface area contributed by atoms with E-state index in [9.17, 15) is 8.42 Å². The molecule has 0 aliphatic heterocycles. The normalized spacial score (nSPS) is 11.4. The van der Waals surface area contributed by atoms with Crippen LogP contribution < -0.4 is 10.0 Å². The Bertz CT molecular complexity index is 1910. The van der Waals surface area contributed by atoms with Gasteiger partial charge < -0.3 is 10.3 Å². The second-order valence-electron chi connectivity index (χ2n) is 9.44. The molecule has 3 N–H and O–H groups in total. The average Bonchev–Trinajstić information content (AvgIpc) is 3.37. The van der Waals surface area contributed by atoms with Crippen LogP contribution in [0, 0.1) is 13.8 Å². The minimum absolute atomic E-state index is 0. The van der Waals surface area contributed by atoms with E-state index in [2.05, 4.69) is 30.2 Å². The fraction of sp³-hybridized carbons (Fsp3) is 0.100. The van der Waals surface area contributed by atoms with Gasteiger partial charge in [-0.2, -0.15) is 0 Å². The highest BCUT2D eigenvalue weighted by Crippen LogP contribution is 2.32. The minimum Gasteiger partial charge on any atom is -0.341 e. The number of sulfonamides is 1. The van der Waals surface area contributed by atoms with Gasteiger partial charge in [-0.15, -0.1) is 22.6 Å². The Morgan fingerprint density at radius 1 is 0.825 bits per heavy atom. The van der Waals surface area contributed by atoms with Gasteiger partial charge in [-0.3, -0.25) is 0 Å². The van der Waals surface area contributed by atoms with E-state index < -0.39 is 10.0 Å². The Morgan fingerprint density at radius 3 is 2.33 bits per heavy atom. The van der Waals surface area contributed by atoms with E-state index in [1.54, 1.807) is 19.1 Å². The SMILES string of the molecule is Cc1ccc(Nc2nnc(-c3ccc(C)c(S(=O)(=O)NCc4nc5ccccc5[nH]4)c3)c3ccccc23)cc1.Cl. The highest BCUT2D eigenvalue weighted by atomic mass is 35.5. The number of anilines is 2. The third-order valence-corrected chi connectivity index (χ3v) is 8.16. The van der Waals surface area contributed by atoms with Crippen molar-refractivity contribution in [2.24, 2.45) is 0 Å². The average molecular weight is 571 g/mol. The molecule has 0 saturated carbocycles. The number of imidazole rings is 1. The molecule has 2 heterocycles. The first-order chi connectivity index (χ1) is 18.9. The molecule has 0 unspecified atom stereocenters. The molecule has 6 aromatic rings. The van der Waals surface area contributed by atoms with Gasteiger partial charge in [0, 0.05) is 22.0 Å². The van der Waals surface area contributed by atoms with Gasteiger partial charge in [0.05, 0.1) is 22.5 Å². The van der Waals surface area contributed by atoms with Crippen molar-refractivity contribution in [1.29, 1.82) is 0 Å². The quantitative estimate of drug-likeness (QED) is 0.204. The number of benzene rings is 4. The van der Waals surface area contributed by atoms with Gasteiger partial charge >= 0.3 is 0 Å². The first-order valence-electron chi connectivity index (χ1n) is 12.5. The van der Waals surface area contributed by atoms with Crippen molar-refractivity contribution in [2.75, 3.05) is 5.32 Å². The first kappa shape index (κ1) is 27.3. The molecular formula is C30H27ClN6O2S. The highest BCUT2D eigenvalue weighted by Gasteiger charge is 2.20. The Hall–Kier alpha value is -4.31. The van der Waals surface area contributed by atoms with Crippen LogP contribution in [-0.2, 0) is 16.6 Å². The summed E-state index contributed by atoms with van der Waals surface area (Å²) < 4.78 is 29.4. The fourth-order valence-electron chi connectivity index (χ4n) is 4.55. The second kappa shape index (κ2) is 11.1. The number of aromatic nitrogens is 4. The van der Waals surface area contributed by atoms with Crippen LogP contribution in [-0.4, -0.2) is 28.6 Å². The van der Waals surface area contributed by atoms with Crippen molar-refractivity contribution in [3.05, 3.63) is 108 Å². The number of fused-ring (bicyclic) bond motifs is 2. The number of aryl methyl sites for hydroxylation is 2. The minimum atomic E-state index is -3.83. The molecule has 8 nitrogen and oxygen atoms in total. The molecule has 0 fully saturated rings. The number of halogens is 1. The molecule has 40 heavy (non-hydrogen) atoms. The molecule has 0 atom stereocenters. The number of aromatic amines is 1. The van der Waals surface area contributed by atoms with Crippen LogP contribution in [0.15, 0.2) is 95.9 Å². The van der Waals surface area contributed by atoms with E-state index in [0.29, 0.717) is 28.5 Å². The van der Waals surface area contributed by atoms with E-state index in [0.717, 1.165) is 27.5 Å². The molecule has 4 aromatic carbocycles. The summed E-state index contributed by atoms with van der Waals surface area (Å²) in [5.41, 5.74) is 5.62. The third kappa shape index (κ3) is 5.40. The van der Waals surface area contributed by atoms with Gasteiger partial charge in [-0.1, -0.05) is 66.2 Å². The third-order valence-electron chi connectivity index (χ3n) is 6.62. The van der Waals surface area contributed by atoms with E-state index in [-0.39, 0.29) is 23.8 Å². The molecule has 0 aliphatic carbocycles. The van der Waals surface area contributed by atoms with Gasteiger partial charge in [-0.25, -0.2) is 18.1 Å². The van der Waals surface area contributed by atoms with Crippen molar-refractivity contribution < 1.29 is 8.42 Å². The summed E-state index contributed by atoms with van der Waals surface area (Å²) in [5.74, 6) is 1.17. The smallest absolute Gasteiger partial charge is 0.241 e. The molecule has 6 rings (SSSR count). The first-order valence-corrected chi connectivity index (χ1v) is 14.0. The standard InChI is InChI=1S/C30H26N6O2S.ClH/c1-19-11-15-22(16-12-19)32-30-24-8-4-3-7-23(24)29(35-36-30)21-14-13-20(2)27(17-21)39(37,38)31-18-28-33-25-9-5-6-10-26(25)34-28;/h3-17,31H,18H2,1-2H3,(H,32,36)(H,33,34);1H. The number of hydrogen-bond donors (Lipinski definition) is 3. The van der Waals surface area contributed by atoms with Crippen molar-refractivity contribution in [1.82, 2.24) is 24.9 Å². The molecule has 0 radical (unpaired) electrons. The summed E-state index contributed by atoms with van der Waals surface area (Å²) in [6, 6.07) is 28.8. The van der Waals surface area contributed by atoms with E-state index in [1.807, 2.05) is 85.8 Å². The number of rotatable bonds is 7. The van der Waals surface area contributed by atoms with Crippen LogP contribution in [0.2, 0.25) is 0 Å². The molecule has 2 aromatic heterocycles. The van der Waals surface area contributed by atoms with Crippen molar-refractivity contribution in [3.8, 4) is 11.3 Å². The highest BCUT2D eigenvalue weighted by molar-refractivity contribution is 7.89. The zero-order valence-corrected chi connectivity index (χ0v) is 23.5. The lowest BCUT2D eigenvalue weighted by molar-refractivity contribution is 0.579. The fourth-order valence-corrected chi connectivity index (χ4v) is 5.81. The van der Waals surface area contributed by atoms with Gasteiger partial charge in [0.1, 0.15) is 11.5 Å². The predicted octanol–water partition coefficient (Wildman–Crippen LogP) is 6.43. The molecule has 0 aliphatic rings. The Balaban J connectivity index is 0.00000323. The number of nitrogens with one attached hydrogen (secondary N) is 3. The Kier molecular flexibility index (Phi) is 7.53. The van der Waals surface area contributed by atoms with Crippen LogP contribution in [0.3, 0.4) is 0 Å². The van der Waals surface area contributed by atoms with Gasteiger partial charge in [0.15, 0.2) is 5.82 Å². The molecule has 10 heteroatoms.